The van der Waals surface area contributed by atoms with E-state index in [0.717, 1.165) is 50.4 Å². The highest BCUT2D eigenvalue weighted by Gasteiger charge is 2.17. The lowest BCUT2D eigenvalue weighted by Crippen LogP contribution is -1.95. The molecule has 0 saturated heterocycles. The Morgan fingerprint density at radius 2 is 0.870 bits per heavy atom. The summed E-state index contributed by atoms with van der Waals surface area (Å²) in [5, 5.41) is 6.11. The lowest BCUT2D eigenvalue weighted by Gasteiger charge is -2.12. The molecular weight excluding hydrogens is 675 g/mol. The van der Waals surface area contributed by atoms with Gasteiger partial charge in [0.05, 0.1) is 22.2 Å². The number of hydrogen-bond donors (Lipinski definition) is 0. The van der Waals surface area contributed by atoms with E-state index in [1.54, 1.807) is 0 Å². The number of fused-ring (bicyclic) bond motifs is 7. The second-order valence-electron chi connectivity index (χ2n) is 13.8. The highest BCUT2D eigenvalue weighted by molar-refractivity contribution is 7.25. The number of nitrogens with zero attached hydrogens (tertiary/aromatic N) is 3. The third-order valence-corrected chi connectivity index (χ3v) is 11.7. The van der Waals surface area contributed by atoms with Gasteiger partial charge in [-0.2, -0.15) is 0 Å². The Morgan fingerprint density at radius 3 is 1.56 bits per heavy atom. The van der Waals surface area contributed by atoms with Crippen molar-refractivity contribution >= 4 is 64.2 Å². The fourth-order valence-corrected chi connectivity index (χ4v) is 9.07. The molecular formula is C50H31N3S. The first-order valence-corrected chi connectivity index (χ1v) is 19.1. The Balaban J connectivity index is 1.10. The predicted molar refractivity (Wildman–Crippen MR) is 229 cm³/mol. The fraction of sp³-hybridized carbons (Fsp3) is 0. The minimum Gasteiger partial charge on any atom is -0.309 e. The zero-order valence-electron chi connectivity index (χ0n) is 29.1. The van der Waals surface area contributed by atoms with Gasteiger partial charge in [0.2, 0.25) is 0 Å². The molecule has 0 bridgehead atoms. The van der Waals surface area contributed by atoms with Crippen molar-refractivity contribution in [3.8, 4) is 50.6 Å². The lowest BCUT2D eigenvalue weighted by atomic mass is 9.97. The monoisotopic (exact) mass is 705 g/mol. The van der Waals surface area contributed by atoms with Gasteiger partial charge in [-0.1, -0.05) is 121 Å². The smallest absolute Gasteiger partial charge is 0.160 e. The fourth-order valence-electron chi connectivity index (χ4n) is 7.98. The van der Waals surface area contributed by atoms with Crippen molar-refractivity contribution in [2.24, 2.45) is 0 Å². The molecule has 11 aromatic rings. The molecule has 0 fully saturated rings. The van der Waals surface area contributed by atoms with Crippen molar-refractivity contribution in [1.82, 2.24) is 14.5 Å². The molecule has 0 amide bonds. The van der Waals surface area contributed by atoms with Crippen LogP contribution in [0, 0.1) is 0 Å². The molecule has 54 heavy (non-hydrogen) atoms. The number of thiophene rings is 1. The molecule has 0 aliphatic carbocycles. The molecule has 3 aromatic heterocycles. The van der Waals surface area contributed by atoms with Crippen molar-refractivity contribution in [3.63, 3.8) is 0 Å². The minimum atomic E-state index is 0.729. The summed E-state index contributed by atoms with van der Waals surface area (Å²) in [4.78, 5) is 10.2. The van der Waals surface area contributed by atoms with Crippen LogP contribution >= 0.6 is 11.3 Å². The molecule has 11 rings (SSSR count). The molecule has 3 heterocycles. The van der Waals surface area contributed by atoms with E-state index in [9.17, 15) is 0 Å². The SMILES string of the molecule is c1ccc(-c2nc(-c3ccccc3)c3cc(-c4ccc5c(c4)c4cc(-c6ccc7sc8ccccc8c7c6)ccc4n5-c4ccccc4)ccc3n2)cc1. The summed E-state index contributed by atoms with van der Waals surface area (Å²) < 4.78 is 5.03. The van der Waals surface area contributed by atoms with E-state index < -0.39 is 0 Å². The maximum absolute atomic E-state index is 5.16. The number of aromatic nitrogens is 3. The van der Waals surface area contributed by atoms with Crippen LogP contribution in [0.15, 0.2) is 188 Å². The number of hydrogen-bond acceptors (Lipinski definition) is 3. The van der Waals surface area contributed by atoms with Crippen LogP contribution < -0.4 is 0 Å². The van der Waals surface area contributed by atoms with Gasteiger partial charge in [-0.15, -0.1) is 11.3 Å². The average molecular weight is 706 g/mol. The number of para-hydroxylation sites is 1. The second-order valence-corrected chi connectivity index (χ2v) is 14.9. The molecule has 0 atom stereocenters. The first kappa shape index (κ1) is 30.7. The molecule has 252 valence electrons. The van der Waals surface area contributed by atoms with Gasteiger partial charge >= 0.3 is 0 Å². The molecule has 0 radical (unpaired) electrons. The van der Waals surface area contributed by atoms with Gasteiger partial charge in [-0.3, -0.25) is 0 Å². The Kier molecular flexibility index (Phi) is 7.04. The van der Waals surface area contributed by atoms with Gasteiger partial charge in [-0.25, -0.2) is 9.97 Å². The van der Waals surface area contributed by atoms with E-state index in [0.29, 0.717) is 0 Å². The van der Waals surface area contributed by atoms with E-state index in [2.05, 4.69) is 168 Å². The summed E-state index contributed by atoms with van der Waals surface area (Å²) in [6, 6.07) is 67.4. The van der Waals surface area contributed by atoms with Crippen LogP contribution in [0.5, 0.6) is 0 Å². The number of rotatable bonds is 5. The minimum absolute atomic E-state index is 0.729. The Bertz CT molecular complexity index is 3200. The van der Waals surface area contributed by atoms with Crippen LogP contribution in [0.1, 0.15) is 0 Å². The Morgan fingerprint density at radius 1 is 0.352 bits per heavy atom. The molecule has 0 unspecified atom stereocenters. The standard InChI is InChI=1S/C50H31N3S/c1-4-12-32(13-5-1)49-43-31-34(20-24-44(43)51-50(52-49)33-14-6-2-7-15-33)35-21-25-45-40(28-35)41-29-36(22-26-46(41)53(45)38-16-8-3-9-17-38)37-23-27-48-42(30-37)39-18-10-11-19-47(39)54-48/h1-31H. The van der Waals surface area contributed by atoms with Gasteiger partial charge in [0.25, 0.3) is 0 Å². The average Bonchev–Trinajstić information content (AvgIpc) is 3.78. The maximum Gasteiger partial charge on any atom is 0.160 e. The summed E-state index contributed by atoms with van der Waals surface area (Å²) in [6.45, 7) is 0. The highest BCUT2D eigenvalue weighted by Crippen LogP contribution is 2.40. The molecule has 0 spiro atoms. The van der Waals surface area contributed by atoms with Crippen LogP contribution in [0.4, 0.5) is 0 Å². The molecule has 8 aromatic carbocycles. The van der Waals surface area contributed by atoms with Crippen molar-refractivity contribution in [2.45, 2.75) is 0 Å². The van der Waals surface area contributed by atoms with Crippen molar-refractivity contribution in [3.05, 3.63) is 188 Å². The van der Waals surface area contributed by atoms with Crippen LogP contribution in [0.25, 0.3) is 103 Å². The summed E-state index contributed by atoms with van der Waals surface area (Å²) in [6.07, 6.45) is 0. The molecule has 0 saturated carbocycles. The van der Waals surface area contributed by atoms with Gasteiger partial charge in [0, 0.05) is 53.1 Å². The second kappa shape index (κ2) is 12.4. The summed E-state index contributed by atoms with van der Waals surface area (Å²) >= 11 is 1.86. The summed E-state index contributed by atoms with van der Waals surface area (Å²) in [7, 11) is 0. The third kappa shape index (κ3) is 5.03. The van der Waals surface area contributed by atoms with Crippen LogP contribution in [-0.2, 0) is 0 Å². The van der Waals surface area contributed by atoms with Crippen LogP contribution in [-0.4, -0.2) is 14.5 Å². The Labute approximate surface area is 316 Å². The quantitative estimate of drug-likeness (QED) is 0.178. The summed E-state index contributed by atoms with van der Waals surface area (Å²) in [5.74, 6) is 0.729. The zero-order valence-corrected chi connectivity index (χ0v) is 30.0. The topological polar surface area (TPSA) is 30.7 Å². The van der Waals surface area contributed by atoms with E-state index >= 15 is 0 Å². The van der Waals surface area contributed by atoms with Crippen molar-refractivity contribution < 1.29 is 0 Å². The highest BCUT2D eigenvalue weighted by atomic mass is 32.1. The van der Waals surface area contributed by atoms with Crippen LogP contribution in [0.3, 0.4) is 0 Å². The van der Waals surface area contributed by atoms with Gasteiger partial charge in [0.1, 0.15) is 0 Å². The molecule has 0 aliphatic heterocycles. The first-order valence-electron chi connectivity index (χ1n) is 18.2. The van der Waals surface area contributed by atoms with Crippen molar-refractivity contribution in [1.29, 1.82) is 0 Å². The molecule has 4 heteroatoms. The molecule has 0 aliphatic rings. The lowest BCUT2D eigenvalue weighted by molar-refractivity contribution is 1.18. The van der Waals surface area contributed by atoms with Crippen LogP contribution in [0.2, 0.25) is 0 Å². The predicted octanol–water partition coefficient (Wildman–Crippen LogP) is 13.8. The van der Waals surface area contributed by atoms with E-state index in [1.807, 2.05) is 35.6 Å². The normalized spacial score (nSPS) is 11.7. The van der Waals surface area contributed by atoms with E-state index in [1.165, 1.54) is 53.1 Å². The van der Waals surface area contributed by atoms with E-state index in [4.69, 9.17) is 9.97 Å². The zero-order chi connectivity index (χ0) is 35.6. The van der Waals surface area contributed by atoms with E-state index in [-0.39, 0.29) is 0 Å². The maximum atomic E-state index is 5.16. The first-order chi connectivity index (χ1) is 26.7. The Hall–Kier alpha value is -6.88. The largest absolute Gasteiger partial charge is 0.309 e. The number of benzene rings is 8. The van der Waals surface area contributed by atoms with Crippen molar-refractivity contribution in [2.75, 3.05) is 0 Å². The third-order valence-electron chi connectivity index (χ3n) is 10.6. The molecule has 0 N–H and O–H groups in total. The van der Waals surface area contributed by atoms with Gasteiger partial charge in [-0.05, 0) is 89.0 Å². The van der Waals surface area contributed by atoms with Gasteiger partial charge in [0.15, 0.2) is 5.82 Å². The molecule has 3 nitrogen and oxygen atoms in total. The van der Waals surface area contributed by atoms with Gasteiger partial charge < -0.3 is 4.57 Å². The summed E-state index contributed by atoms with van der Waals surface area (Å²) in [5.41, 5.74) is 12.2.